The van der Waals surface area contributed by atoms with Crippen molar-refractivity contribution in [2.75, 3.05) is 13.2 Å². The molecule has 3 aromatic carbocycles. The Kier molecular flexibility index (Phi) is 3.46. The molecule has 1 aliphatic heterocycles. The van der Waals surface area contributed by atoms with Gasteiger partial charge in [0.1, 0.15) is 24.6 Å². The molecule has 0 radical (unpaired) electrons. The Bertz CT molecular complexity index is 1300. The molecular weight excluding hydrogens is 368 g/mol. The summed E-state index contributed by atoms with van der Waals surface area (Å²) in [7, 11) is 0. The molecule has 3 heterocycles. The highest BCUT2D eigenvalue weighted by molar-refractivity contribution is 7.22. The Morgan fingerprint density at radius 2 is 1.54 bits per heavy atom. The fraction of sp³-hybridized carbons (Fsp3) is 0.0833. The third kappa shape index (κ3) is 2.57. The lowest BCUT2D eigenvalue weighted by Gasteiger charge is -2.18. The van der Waals surface area contributed by atoms with Crippen molar-refractivity contribution in [3.8, 4) is 33.3 Å². The van der Waals surface area contributed by atoms with E-state index in [2.05, 4.69) is 54.6 Å². The van der Waals surface area contributed by atoms with E-state index in [4.69, 9.17) is 13.9 Å². The summed E-state index contributed by atoms with van der Waals surface area (Å²) < 4.78 is 18.8. The fourth-order valence-electron chi connectivity index (χ4n) is 3.65. The van der Waals surface area contributed by atoms with Crippen LogP contribution in [-0.4, -0.2) is 13.2 Å². The lowest BCUT2D eigenvalue weighted by atomic mass is 10.1. The van der Waals surface area contributed by atoms with E-state index >= 15 is 0 Å². The number of benzene rings is 3. The second-order valence-electron chi connectivity index (χ2n) is 6.87. The van der Waals surface area contributed by atoms with Crippen LogP contribution in [0.2, 0.25) is 0 Å². The van der Waals surface area contributed by atoms with Crippen LogP contribution >= 0.6 is 11.3 Å². The SMILES string of the molecule is c1ccc2sc(-c3ccc4cc(-c5ccc6c(c5)OCCO6)oc4c3)cc2c1. The minimum atomic E-state index is 0.578. The Balaban J connectivity index is 1.41. The fourth-order valence-corrected chi connectivity index (χ4v) is 4.71. The molecule has 4 heteroatoms. The van der Waals surface area contributed by atoms with E-state index in [1.165, 1.54) is 20.5 Å². The summed E-state index contributed by atoms with van der Waals surface area (Å²) in [6, 6.07) is 25.2. The van der Waals surface area contributed by atoms with E-state index in [1.807, 2.05) is 18.2 Å². The summed E-state index contributed by atoms with van der Waals surface area (Å²) >= 11 is 1.81. The zero-order valence-electron chi connectivity index (χ0n) is 15.0. The minimum Gasteiger partial charge on any atom is -0.486 e. The third-order valence-corrected chi connectivity index (χ3v) is 6.22. The summed E-state index contributed by atoms with van der Waals surface area (Å²) in [6.07, 6.45) is 0. The summed E-state index contributed by atoms with van der Waals surface area (Å²) in [4.78, 5) is 1.25. The number of furan rings is 1. The van der Waals surface area contributed by atoms with E-state index < -0.39 is 0 Å². The van der Waals surface area contributed by atoms with E-state index in [0.717, 1.165) is 33.8 Å². The van der Waals surface area contributed by atoms with Crippen LogP contribution in [0.25, 0.3) is 42.8 Å². The van der Waals surface area contributed by atoms with Crippen molar-refractivity contribution in [3.63, 3.8) is 0 Å². The van der Waals surface area contributed by atoms with Gasteiger partial charge in [0.15, 0.2) is 11.5 Å². The molecule has 3 nitrogen and oxygen atoms in total. The molecule has 0 unspecified atom stereocenters. The van der Waals surface area contributed by atoms with Crippen LogP contribution in [0.4, 0.5) is 0 Å². The monoisotopic (exact) mass is 384 g/mol. The van der Waals surface area contributed by atoms with Crippen LogP contribution in [-0.2, 0) is 0 Å². The van der Waals surface area contributed by atoms with Crippen LogP contribution in [0.15, 0.2) is 77.2 Å². The Morgan fingerprint density at radius 1 is 0.679 bits per heavy atom. The van der Waals surface area contributed by atoms with Crippen LogP contribution in [0, 0.1) is 0 Å². The van der Waals surface area contributed by atoms with Crippen molar-refractivity contribution in [1.82, 2.24) is 0 Å². The van der Waals surface area contributed by atoms with Crippen LogP contribution in [0.1, 0.15) is 0 Å². The quantitative estimate of drug-likeness (QED) is 0.337. The molecule has 0 amide bonds. The van der Waals surface area contributed by atoms with Crippen LogP contribution < -0.4 is 9.47 Å². The van der Waals surface area contributed by atoms with E-state index in [0.29, 0.717) is 13.2 Å². The Labute approximate surface area is 165 Å². The summed E-state index contributed by atoms with van der Waals surface area (Å²) in [5, 5.41) is 2.37. The summed E-state index contributed by atoms with van der Waals surface area (Å²) in [5.41, 5.74) is 3.06. The van der Waals surface area contributed by atoms with E-state index in [9.17, 15) is 0 Å². The molecule has 136 valence electrons. The highest BCUT2D eigenvalue weighted by Gasteiger charge is 2.15. The molecule has 6 rings (SSSR count). The van der Waals surface area contributed by atoms with Gasteiger partial charge in [-0.2, -0.15) is 0 Å². The normalized spacial score (nSPS) is 13.3. The second-order valence-corrected chi connectivity index (χ2v) is 7.95. The molecule has 0 fully saturated rings. The van der Waals surface area contributed by atoms with Crippen molar-refractivity contribution in [2.45, 2.75) is 0 Å². The molecule has 0 spiro atoms. The molecule has 0 saturated carbocycles. The van der Waals surface area contributed by atoms with Gasteiger partial charge in [-0.15, -0.1) is 11.3 Å². The third-order valence-electron chi connectivity index (χ3n) is 5.06. The first-order valence-electron chi connectivity index (χ1n) is 9.26. The van der Waals surface area contributed by atoms with Gasteiger partial charge in [0, 0.05) is 20.5 Å². The number of fused-ring (bicyclic) bond motifs is 3. The first-order valence-corrected chi connectivity index (χ1v) is 10.1. The zero-order chi connectivity index (χ0) is 18.5. The van der Waals surface area contributed by atoms with Gasteiger partial charge in [-0.3, -0.25) is 0 Å². The van der Waals surface area contributed by atoms with Crippen molar-refractivity contribution in [1.29, 1.82) is 0 Å². The molecule has 1 aliphatic rings. The molecule has 28 heavy (non-hydrogen) atoms. The maximum absolute atomic E-state index is 6.19. The average molecular weight is 384 g/mol. The highest BCUT2D eigenvalue weighted by atomic mass is 32.1. The standard InChI is InChI=1S/C24H16O3S/c1-2-4-23-17(3-1)14-24(28-23)18-6-5-15-11-20(27-21(15)13-18)16-7-8-19-22(12-16)26-10-9-25-19/h1-8,11-14H,9-10H2. The van der Waals surface area contributed by atoms with Crippen LogP contribution in [0.3, 0.4) is 0 Å². The number of hydrogen-bond acceptors (Lipinski definition) is 4. The van der Waals surface area contributed by atoms with Gasteiger partial charge in [-0.05, 0) is 53.4 Å². The van der Waals surface area contributed by atoms with Crippen molar-refractivity contribution < 1.29 is 13.9 Å². The first kappa shape index (κ1) is 15.8. The summed E-state index contributed by atoms with van der Waals surface area (Å²) in [5.74, 6) is 2.40. The predicted molar refractivity (Wildman–Crippen MR) is 113 cm³/mol. The molecule has 0 aliphatic carbocycles. The molecule has 2 aromatic heterocycles. The van der Waals surface area contributed by atoms with Gasteiger partial charge in [0.25, 0.3) is 0 Å². The van der Waals surface area contributed by atoms with Gasteiger partial charge in [-0.25, -0.2) is 0 Å². The highest BCUT2D eigenvalue weighted by Crippen LogP contribution is 2.38. The average Bonchev–Trinajstić information content (AvgIpc) is 3.37. The predicted octanol–water partition coefficient (Wildman–Crippen LogP) is 6.75. The molecule has 0 bridgehead atoms. The maximum atomic E-state index is 6.19. The number of thiophene rings is 1. The number of rotatable bonds is 2. The molecule has 0 N–H and O–H groups in total. The van der Waals surface area contributed by atoms with Crippen molar-refractivity contribution >= 4 is 32.4 Å². The van der Waals surface area contributed by atoms with Gasteiger partial charge in [0.05, 0.1) is 0 Å². The molecule has 5 aromatic rings. The topological polar surface area (TPSA) is 31.6 Å². The molecule has 0 saturated heterocycles. The number of hydrogen-bond donors (Lipinski definition) is 0. The zero-order valence-corrected chi connectivity index (χ0v) is 15.8. The maximum Gasteiger partial charge on any atom is 0.162 e. The van der Waals surface area contributed by atoms with Gasteiger partial charge < -0.3 is 13.9 Å². The Morgan fingerprint density at radius 3 is 2.46 bits per heavy atom. The molecule has 0 atom stereocenters. The first-order chi connectivity index (χ1) is 13.8. The van der Waals surface area contributed by atoms with Crippen molar-refractivity contribution in [2.24, 2.45) is 0 Å². The van der Waals surface area contributed by atoms with Crippen molar-refractivity contribution in [3.05, 3.63) is 72.8 Å². The van der Waals surface area contributed by atoms with E-state index in [1.54, 1.807) is 11.3 Å². The van der Waals surface area contributed by atoms with E-state index in [-0.39, 0.29) is 0 Å². The second kappa shape index (κ2) is 6.14. The smallest absolute Gasteiger partial charge is 0.162 e. The number of ether oxygens (including phenoxy) is 2. The summed E-state index contributed by atoms with van der Waals surface area (Å²) in [6.45, 7) is 1.17. The largest absolute Gasteiger partial charge is 0.486 e. The lowest BCUT2D eigenvalue weighted by Crippen LogP contribution is -2.15. The van der Waals surface area contributed by atoms with Crippen LogP contribution in [0.5, 0.6) is 11.5 Å². The minimum absolute atomic E-state index is 0.578. The lowest BCUT2D eigenvalue weighted by molar-refractivity contribution is 0.171. The molecular formula is C24H16O3S. The van der Waals surface area contributed by atoms with Gasteiger partial charge in [0.2, 0.25) is 0 Å². The van der Waals surface area contributed by atoms with Gasteiger partial charge >= 0.3 is 0 Å². The van der Waals surface area contributed by atoms with Gasteiger partial charge in [-0.1, -0.05) is 30.3 Å². The Hall–Kier alpha value is -3.24.